The molecule has 0 radical (unpaired) electrons. The second kappa shape index (κ2) is 9.81. The van der Waals surface area contributed by atoms with Crippen molar-refractivity contribution in [3.05, 3.63) is 64.7 Å². The fraction of sp³-hybridized carbons (Fsp3) is 0.409. The van der Waals surface area contributed by atoms with Crippen molar-refractivity contribution in [2.24, 2.45) is 5.92 Å². The quantitative estimate of drug-likeness (QED) is 0.696. The highest BCUT2D eigenvalue weighted by Gasteiger charge is 2.32. The Morgan fingerprint density at radius 3 is 2.67 bits per heavy atom. The van der Waals surface area contributed by atoms with E-state index in [9.17, 15) is 13.2 Å². The summed E-state index contributed by atoms with van der Waals surface area (Å²) in [5.74, 6) is 0.143. The molecule has 30 heavy (non-hydrogen) atoms. The van der Waals surface area contributed by atoms with Gasteiger partial charge in [-0.1, -0.05) is 35.9 Å². The largest absolute Gasteiger partial charge is 0.497 e. The average Bonchev–Trinajstić information content (AvgIpc) is 2.73. The van der Waals surface area contributed by atoms with Crippen LogP contribution in [0.3, 0.4) is 0 Å². The highest BCUT2D eigenvalue weighted by molar-refractivity contribution is 7.88. The van der Waals surface area contributed by atoms with Crippen LogP contribution >= 0.6 is 11.6 Å². The molecule has 1 saturated heterocycles. The summed E-state index contributed by atoms with van der Waals surface area (Å²) in [5.41, 5.74) is 1.60. The maximum absolute atomic E-state index is 12.9. The van der Waals surface area contributed by atoms with Crippen LogP contribution in [0.5, 0.6) is 5.75 Å². The van der Waals surface area contributed by atoms with Gasteiger partial charge in [-0.2, -0.15) is 0 Å². The Kier molecular flexibility index (Phi) is 7.39. The van der Waals surface area contributed by atoms with Gasteiger partial charge < -0.3 is 10.1 Å². The van der Waals surface area contributed by atoms with Crippen molar-refractivity contribution in [2.45, 2.75) is 31.6 Å². The van der Waals surface area contributed by atoms with E-state index in [2.05, 4.69) is 5.32 Å². The topological polar surface area (TPSA) is 75.7 Å². The first-order valence-electron chi connectivity index (χ1n) is 9.95. The molecule has 0 spiro atoms. The number of carbonyl (C=O) groups excluding carboxylic acids is 1. The van der Waals surface area contributed by atoms with Gasteiger partial charge in [-0.25, -0.2) is 12.7 Å². The fourth-order valence-electron chi connectivity index (χ4n) is 3.64. The molecule has 1 aliphatic rings. The van der Waals surface area contributed by atoms with Crippen LogP contribution in [-0.4, -0.2) is 38.8 Å². The summed E-state index contributed by atoms with van der Waals surface area (Å²) in [6.45, 7) is 2.54. The minimum atomic E-state index is -3.53. The third-order valence-corrected chi connectivity index (χ3v) is 7.41. The third kappa shape index (κ3) is 5.74. The van der Waals surface area contributed by atoms with Crippen LogP contribution in [0.15, 0.2) is 48.5 Å². The van der Waals surface area contributed by atoms with Gasteiger partial charge in [0.15, 0.2) is 0 Å². The van der Waals surface area contributed by atoms with E-state index in [0.29, 0.717) is 30.0 Å². The fourth-order valence-corrected chi connectivity index (χ4v) is 5.46. The Morgan fingerprint density at radius 2 is 2.00 bits per heavy atom. The number of hydrogen-bond acceptors (Lipinski definition) is 4. The van der Waals surface area contributed by atoms with Gasteiger partial charge in [0, 0.05) is 18.1 Å². The summed E-state index contributed by atoms with van der Waals surface area (Å²) < 4.78 is 32.3. The molecular weight excluding hydrogens is 424 g/mol. The summed E-state index contributed by atoms with van der Waals surface area (Å²) in [7, 11) is -1.92. The first kappa shape index (κ1) is 22.6. The van der Waals surface area contributed by atoms with E-state index in [0.717, 1.165) is 11.3 Å². The number of hydrogen-bond donors (Lipinski definition) is 1. The number of sulfonamides is 1. The summed E-state index contributed by atoms with van der Waals surface area (Å²) >= 11 is 5.97. The predicted octanol–water partition coefficient (Wildman–Crippen LogP) is 3.77. The van der Waals surface area contributed by atoms with Crippen LogP contribution in [-0.2, 0) is 20.6 Å². The summed E-state index contributed by atoms with van der Waals surface area (Å²) in [6, 6.07) is 14.2. The zero-order valence-electron chi connectivity index (χ0n) is 17.2. The van der Waals surface area contributed by atoms with Crippen molar-refractivity contribution in [1.82, 2.24) is 9.62 Å². The maximum Gasteiger partial charge on any atom is 0.224 e. The highest BCUT2D eigenvalue weighted by Crippen LogP contribution is 2.24. The normalized spacial score (nSPS) is 18.6. The number of rotatable bonds is 7. The van der Waals surface area contributed by atoms with Crippen molar-refractivity contribution < 1.29 is 17.9 Å². The lowest BCUT2D eigenvalue weighted by Crippen LogP contribution is -2.46. The molecule has 2 aromatic carbocycles. The minimum Gasteiger partial charge on any atom is -0.497 e. The Labute approximate surface area is 183 Å². The van der Waals surface area contributed by atoms with E-state index in [1.807, 2.05) is 31.2 Å². The predicted molar refractivity (Wildman–Crippen MR) is 118 cm³/mol. The Bertz CT molecular complexity index is 979. The Morgan fingerprint density at radius 1 is 1.27 bits per heavy atom. The number of piperidine rings is 1. The zero-order chi connectivity index (χ0) is 21.7. The van der Waals surface area contributed by atoms with Crippen molar-refractivity contribution in [1.29, 1.82) is 0 Å². The molecule has 8 heteroatoms. The summed E-state index contributed by atoms with van der Waals surface area (Å²) in [4.78, 5) is 12.8. The van der Waals surface area contributed by atoms with Gasteiger partial charge in [0.05, 0.1) is 24.8 Å². The molecule has 3 rings (SSSR count). The standard InChI is InChI=1S/C22H27ClN2O4S/c1-16(18-8-10-21(29-2)11-9-18)24-22(26)19-6-4-12-25(14-19)30(27,28)15-17-5-3-7-20(23)13-17/h3,5,7-11,13,16,19H,4,6,12,14-15H2,1-2H3,(H,24,26). The maximum atomic E-state index is 12.9. The lowest BCUT2D eigenvalue weighted by molar-refractivity contribution is -0.126. The van der Waals surface area contributed by atoms with E-state index < -0.39 is 10.0 Å². The number of halogens is 1. The van der Waals surface area contributed by atoms with E-state index in [1.165, 1.54) is 4.31 Å². The minimum absolute atomic E-state index is 0.121. The molecule has 1 N–H and O–H groups in total. The number of benzene rings is 2. The van der Waals surface area contributed by atoms with Crippen LogP contribution in [0.2, 0.25) is 5.02 Å². The first-order chi connectivity index (χ1) is 14.3. The van der Waals surface area contributed by atoms with Gasteiger partial charge >= 0.3 is 0 Å². The lowest BCUT2D eigenvalue weighted by atomic mass is 9.98. The summed E-state index contributed by atoms with van der Waals surface area (Å²) in [5, 5.41) is 3.52. The number of nitrogens with one attached hydrogen (secondary N) is 1. The van der Waals surface area contributed by atoms with E-state index in [1.54, 1.807) is 31.4 Å². The molecule has 2 aromatic rings. The molecule has 1 heterocycles. The van der Waals surface area contributed by atoms with Crippen LogP contribution < -0.4 is 10.1 Å². The van der Waals surface area contributed by atoms with Gasteiger partial charge in [-0.3, -0.25) is 4.79 Å². The molecule has 0 aliphatic carbocycles. The van der Waals surface area contributed by atoms with Crippen molar-refractivity contribution >= 4 is 27.5 Å². The number of carbonyl (C=O) groups is 1. The number of nitrogens with zero attached hydrogens (tertiary/aromatic N) is 1. The molecule has 0 aromatic heterocycles. The second-order valence-corrected chi connectivity index (χ2v) is 9.99. The molecule has 0 saturated carbocycles. The van der Waals surface area contributed by atoms with Crippen molar-refractivity contribution in [2.75, 3.05) is 20.2 Å². The molecular formula is C22H27ClN2O4S. The third-order valence-electron chi connectivity index (χ3n) is 5.36. The zero-order valence-corrected chi connectivity index (χ0v) is 18.7. The number of methoxy groups -OCH3 is 1. The second-order valence-electron chi connectivity index (χ2n) is 7.59. The lowest BCUT2D eigenvalue weighted by Gasteiger charge is -2.32. The molecule has 1 fully saturated rings. The molecule has 162 valence electrons. The number of amides is 1. The SMILES string of the molecule is COc1ccc(C(C)NC(=O)C2CCCN(S(=O)(=O)Cc3cccc(Cl)c3)C2)cc1. The Balaban J connectivity index is 1.62. The van der Waals surface area contributed by atoms with Gasteiger partial charge in [-0.05, 0) is 55.2 Å². The van der Waals surface area contributed by atoms with E-state index in [4.69, 9.17) is 16.3 Å². The molecule has 1 amide bonds. The first-order valence-corrected chi connectivity index (χ1v) is 11.9. The Hall–Kier alpha value is -2.09. The van der Waals surface area contributed by atoms with Gasteiger partial charge in [0.25, 0.3) is 0 Å². The molecule has 2 unspecified atom stereocenters. The van der Waals surface area contributed by atoms with Crippen LogP contribution in [0.1, 0.15) is 36.9 Å². The molecule has 0 bridgehead atoms. The molecule has 6 nitrogen and oxygen atoms in total. The summed E-state index contributed by atoms with van der Waals surface area (Å²) in [6.07, 6.45) is 1.33. The van der Waals surface area contributed by atoms with Crippen LogP contribution in [0, 0.1) is 5.92 Å². The average molecular weight is 451 g/mol. The highest BCUT2D eigenvalue weighted by atomic mass is 35.5. The van der Waals surface area contributed by atoms with Gasteiger partial charge in [0.2, 0.25) is 15.9 Å². The molecule has 2 atom stereocenters. The molecule has 1 aliphatic heterocycles. The van der Waals surface area contributed by atoms with Gasteiger partial charge in [0.1, 0.15) is 5.75 Å². The van der Waals surface area contributed by atoms with Gasteiger partial charge in [-0.15, -0.1) is 0 Å². The van der Waals surface area contributed by atoms with Crippen molar-refractivity contribution in [3.63, 3.8) is 0 Å². The van der Waals surface area contributed by atoms with E-state index >= 15 is 0 Å². The van der Waals surface area contributed by atoms with Crippen LogP contribution in [0.4, 0.5) is 0 Å². The number of ether oxygens (including phenoxy) is 1. The van der Waals surface area contributed by atoms with Crippen LogP contribution in [0.25, 0.3) is 0 Å². The van der Waals surface area contributed by atoms with Crippen molar-refractivity contribution in [3.8, 4) is 5.75 Å². The van der Waals surface area contributed by atoms with E-state index in [-0.39, 0.29) is 30.2 Å². The smallest absolute Gasteiger partial charge is 0.224 e. The monoisotopic (exact) mass is 450 g/mol.